The van der Waals surface area contributed by atoms with Crippen LogP contribution in [0, 0.1) is 0 Å². The molecule has 0 bridgehead atoms. The molecule has 0 aliphatic rings. The van der Waals surface area contributed by atoms with Crippen LogP contribution >= 0.6 is 0 Å². The first-order valence-corrected chi connectivity index (χ1v) is 15.3. The molecule has 0 unspecified atom stereocenters. The Kier molecular flexibility index (Phi) is 4.77. The van der Waals surface area contributed by atoms with Crippen molar-refractivity contribution in [3.05, 3.63) is 176 Å². The molecule has 0 spiro atoms. The van der Waals surface area contributed by atoms with Crippen LogP contribution in [0.4, 0.5) is 0 Å². The minimum Gasteiger partial charge on any atom is -0.309 e. The van der Waals surface area contributed by atoms with E-state index in [0.29, 0.717) is 22.6 Å². The topological polar surface area (TPSA) is 30.7 Å². The predicted octanol–water partition coefficient (Wildman–Crippen LogP) is 11.4. The van der Waals surface area contributed by atoms with Gasteiger partial charge >= 0.3 is 0 Å². The number of hydrogen-bond donors (Lipinski definition) is 0. The molecule has 0 amide bonds. The summed E-state index contributed by atoms with van der Waals surface area (Å²) >= 11 is 0. The molecule has 2 aromatic heterocycles. The molecule has 3 nitrogen and oxygen atoms in total. The van der Waals surface area contributed by atoms with Crippen molar-refractivity contribution in [2.45, 2.75) is 0 Å². The average Bonchev–Trinajstić information content (AvgIpc) is 3.60. The highest BCUT2D eigenvalue weighted by molar-refractivity contribution is 6.11. The fourth-order valence-corrected chi connectivity index (χ4v) is 6.30. The molecule has 3 heteroatoms. The molecule has 0 radical (unpaired) electrons. The summed E-state index contributed by atoms with van der Waals surface area (Å²) in [7, 11) is 0. The normalized spacial score (nSPS) is 13.8. The van der Waals surface area contributed by atoms with Gasteiger partial charge in [-0.2, -0.15) is 0 Å². The van der Waals surface area contributed by atoms with Crippen molar-refractivity contribution in [1.29, 1.82) is 0 Å². The van der Waals surface area contributed by atoms with Crippen LogP contribution in [0.2, 0.25) is 0 Å². The zero-order chi connectivity index (χ0) is 38.1. The molecule has 0 aliphatic carbocycles. The van der Waals surface area contributed by atoms with E-state index in [1.54, 1.807) is 4.57 Å². The summed E-state index contributed by atoms with van der Waals surface area (Å²) in [5, 5.41) is 1.53. The van der Waals surface area contributed by atoms with Crippen LogP contribution in [0.1, 0.15) is 11.0 Å². The maximum Gasteiger partial charge on any atom is 0.160 e. The average molecular weight is 608 g/mol. The molecule has 0 saturated carbocycles. The van der Waals surface area contributed by atoms with Crippen LogP contribution in [0.15, 0.2) is 176 Å². The third kappa shape index (κ3) is 4.68. The van der Waals surface area contributed by atoms with Crippen LogP contribution in [0.25, 0.3) is 83.3 Å². The second-order valence-electron chi connectivity index (χ2n) is 11.2. The largest absolute Gasteiger partial charge is 0.309 e. The van der Waals surface area contributed by atoms with E-state index in [-0.39, 0.29) is 46.0 Å². The second-order valence-corrected chi connectivity index (χ2v) is 11.2. The molecular formula is C44H29N3. The minimum atomic E-state index is -0.479. The van der Waals surface area contributed by atoms with Gasteiger partial charge in [-0.25, -0.2) is 9.97 Å². The Hall–Kier alpha value is -6.32. The van der Waals surface area contributed by atoms with Crippen molar-refractivity contribution in [3.8, 4) is 50.7 Å². The van der Waals surface area contributed by atoms with E-state index in [1.807, 2.05) is 103 Å². The van der Waals surface area contributed by atoms with E-state index in [2.05, 4.69) is 24.3 Å². The molecule has 0 saturated heterocycles. The lowest BCUT2D eigenvalue weighted by atomic mass is 9.97. The van der Waals surface area contributed by atoms with Gasteiger partial charge in [0.15, 0.2) is 5.82 Å². The van der Waals surface area contributed by atoms with Gasteiger partial charge in [0.05, 0.1) is 39.1 Å². The quantitative estimate of drug-likeness (QED) is 0.195. The van der Waals surface area contributed by atoms with E-state index >= 15 is 0 Å². The molecule has 0 N–H and O–H groups in total. The number of para-hydroxylation sites is 2. The van der Waals surface area contributed by atoms with Gasteiger partial charge in [0, 0.05) is 32.8 Å². The predicted molar refractivity (Wildman–Crippen MR) is 196 cm³/mol. The molecule has 47 heavy (non-hydrogen) atoms. The Morgan fingerprint density at radius 1 is 0.426 bits per heavy atom. The Labute approximate surface area is 284 Å². The third-order valence-electron chi connectivity index (χ3n) is 8.47. The molecule has 7 aromatic carbocycles. The first kappa shape index (κ1) is 19.9. The summed E-state index contributed by atoms with van der Waals surface area (Å²) in [6.45, 7) is 0. The summed E-state index contributed by atoms with van der Waals surface area (Å²) in [5.74, 6) is 0.542. The van der Waals surface area contributed by atoms with Gasteiger partial charge in [-0.3, -0.25) is 0 Å². The van der Waals surface area contributed by atoms with E-state index in [4.69, 9.17) is 20.9 Å². The number of benzene rings is 7. The molecule has 9 rings (SSSR count). The van der Waals surface area contributed by atoms with Gasteiger partial charge in [-0.15, -0.1) is 0 Å². The number of hydrogen-bond acceptors (Lipinski definition) is 2. The van der Waals surface area contributed by atoms with Crippen molar-refractivity contribution in [1.82, 2.24) is 14.5 Å². The molecule has 2 heterocycles. The summed E-state index contributed by atoms with van der Waals surface area (Å²) < 4.78 is 71.3. The standard InChI is InChI=1S/C44H29N3/c1-3-14-30(15-4-1)32-18-13-19-33(28-32)39-29-40(46-44(45-39)31-16-5-2-6-17-31)35-26-27-43(36-21-8-7-20-34(35)36)47-41-24-11-9-22-37(41)38-23-10-12-25-42(38)47/h1-29H/i9D,10D,11D,12D,22D,23D,24D,25D. The lowest BCUT2D eigenvalue weighted by Gasteiger charge is -2.16. The zero-order valence-electron chi connectivity index (χ0n) is 33.0. The van der Waals surface area contributed by atoms with Crippen molar-refractivity contribution in [2.75, 3.05) is 0 Å². The Morgan fingerprint density at radius 3 is 1.72 bits per heavy atom. The maximum atomic E-state index is 9.02. The summed E-state index contributed by atoms with van der Waals surface area (Å²) in [6, 6.07) is 38.1. The molecule has 0 aliphatic heterocycles. The van der Waals surface area contributed by atoms with E-state index < -0.39 is 24.2 Å². The Balaban J connectivity index is 1.33. The summed E-state index contributed by atoms with van der Waals surface area (Å²) in [5.41, 5.74) is 6.69. The van der Waals surface area contributed by atoms with Crippen molar-refractivity contribution in [3.63, 3.8) is 0 Å². The molecule has 0 atom stereocenters. The van der Waals surface area contributed by atoms with Crippen molar-refractivity contribution >= 4 is 32.6 Å². The van der Waals surface area contributed by atoms with Crippen LogP contribution < -0.4 is 0 Å². The molecule has 0 fully saturated rings. The highest BCUT2D eigenvalue weighted by atomic mass is 15.0. The number of rotatable bonds is 5. The van der Waals surface area contributed by atoms with Gasteiger partial charge in [-0.1, -0.05) is 145 Å². The highest BCUT2D eigenvalue weighted by Crippen LogP contribution is 2.38. The van der Waals surface area contributed by atoms with Crippen molar-refractivity contribution in [2.24, 2.45) is 0 Å². The molecular weight excluding hydrogens is 571 g/mol. The van der Waals surface area contributed by atoms with Crippen LogP contribution in [-0.2, 0) is 0 Å². The fourth-order valence-electron chi connectivity index (χ4n) is 6.30. The van der Waals surface area contributed by atoms with Crippen LogP contribution in [0.5, 0.6) is 0 Å². The van der Waals surface area contributed by atoms with Crippen molar-refractivity contribution < 1.29 is 11.0 Å². The van der Waals surface area contributed by atoms with Crippen LogP contribution in [0.3, 0.4) is 0 Å². The lowest BCUT2D eigenvalue weighted by molar-refractivity contribution is 1.18. The molecule has 220 valence electrons. The van der Waals surface area contributed by atoms with Gasteiger partial charge in [0.1, 0.15) is 0 Å². The maximum absolute atomic E-state index is 9.02. The van der Waals surface area contributed by atoms with Gasteiger partial charge in [-0.05, 0) is 46.8 Å². The fraction of sp³-hybridized carbons (Fsp3) is 0. The van der Waals surface area contributed by atoms with Gasteiger partial charge < -0.3 is 4.57 Å². The second kappa shape index (κ2) is 11.2. The van der Waals surface area contributed by atoms with E-state index in [0.717, 1.165) is 38.9 Å². The SMILES string of the molecule is [2H]c1c([2H])c([2H])c2c(c1[2H])c1c([2H])c([2H])c([2H])c([2H])c1n2-c1ccc(-c2cc(-c3cccc(-c4ccccc4)c3)nc(-c3ccccc3)n2)c2ccccc12. The highest BCUT2D eigenvalue weighted by Gasteiger charge is 2.17. The number of fused-ring (bicyclic) bond motifs is 4. The van der Waals surface area contributed by atoms with Gasteiger partial charge in [0.25, 0.3) is 0 Å². The molecule has 9 aromatic rings. The summed E-state index contributed by atoms with van der Waals surface area (Å²) in [4.78, 5) is 10.1. The smallest absolute Gasteiger partial charge is 0.160 e. The summed E-state index contributed by atoms with van der Waals surface area (Å²) in [6.07, 6.45) is 0. The zero-order valence-corrected chi connectivity index (χ0v) is 25.0. The lowest BCUT2D eigenvalue weighted by Crippen LogP contribution is -1.99. The first-order valence-electron chi connectivity index (χ1n) is 19.3. The third-order valence-corrected chi connectivity index (χ3v) is 8.47. The number of nitrogens with zero attached hydrogens (tertiary/aromatic N) is 3. The van der Waals surface area contributed by atoms with E-state index in [9.17, 15) is 0 Å². The van der Waals surface area contributed by atoms with E-state index in [1.165, 1.54) is 0 Å². The van der Waals surface area contributed by atoms with Gasteiger partial charge in [0.2, 0.25) is 0 Å². The van der Waals surface area contributed by atoms with Crippen LogP contribution in [-0.4, -0.2) is 14.5 Å². The number of aromatic nitrogens is 3. The Morgan fingerprint density at radius 2 is 1.00 bits per heavy atom. The monoisotopic (exact) mass is 607 g/mol. The minimum absolute atomic E-state index is 0.0341. The Bertz CT molecular complexity index is 2940. The first-order chi connectivity index (χ1) is 26.6.